The molecule has 0 bridgehead atoms. The Bertz CT molecular complexity index is 546. The number of nitro groups is 1. The first-order chi connectivity index (χ1) is 9.99. The Kier molecular flexibility index (Phi) is 6.05. The summed E-state index contributed by atoms with van der Waals surface area (Å²) in [6, 6.07) is 1.29. The highest BCUT2D eigenvalue weighted by Crippen LogP contribution is 2.20. The Morgan fingerprint density at radius 3 is 2.57 bits per heavy atom. The third-order valence-corrected chi connectivity index (χ3v) is 2.47. The molecule has 0 fully saturated rings. The molecule has 0 aliphatic rings. The minimum Gasteiger partial charge on any atom is -0.370 e. The van der Waals surface area contributed by atoms with Crippen molar-refractivity contribution in [3.05, 3.63) is 27.9 Å². The van der Waals surface area contributed by atoms with Crippen molar-refractivity contribution < 1.29 is 14.5 Å². The SMILES string of the molecule is CCNC(=O)CNC(=O)c1cc(NCC)ncc1[N+](=O)[O-]. The van der Waals surface area contributed by atoms with Crippen LogP contribution in [0.2, 0.25) is 0 Å². The van der Waals surface area contributed by atoms with Crippen LogP contribution < -0.4 is 16.0 Å². The molecular weight excluding hydrogens is 278 g/mol. The summed E-state index contributed by atoms with van der Waals surface area (Å²) < 4.78 is 0. The summed E-state index contributed by atoms with van der Waals surface area (Å²) in [5.41, 5.74) is -0.555. The molecule has 21 heavy (non-hydrogen) atoms. The lowest BCUT2D eigenvalue weighted by atomic mass is 10.2. The van der Waals surface area contributed by atoms with Gasteiger partial charge in [-0.15, -0.1) is 0 Å². The van der Waals surface area contributed by atoms with Crippen molar-refractivity contribution in [3.8, 4) is 0 Å². The number of pyridine rings is 1. The second kappa shape index (κ2) is 7.78. The molecule has 1 heterocycles. The molecule has 1 rings (SSSR count). The first-order valence-electron chi connectivity index (χ1n) is 6.42. The number of nitrogens with zero attached hydrogens (tertiary/aromatic N) is 2. The van der Waals surface area contributed by atoms with Gasteiger partial charge in [0.15, 0.2) is 0 Å². The van der Waals surface area contributed by atoms with Gasteiger partial charge in [-0.3, -0.25) is 19.7 Å². The zero-order chi connectivity index (χ0) is 15.8. The van der Waals surface area contributed by atoms with Crippen molar-refractivity contribution in [1.82, 2.24) is 15.6 Å². The maximum atomic E-state index is 12.0. The van der Waals surface area contributed by atoms with Crippen LogP contribution in [0, 0.1) is 10.1 Å². The van der Waals surface area contributed by atoms with Gasteiger partial charge < -0.3 is 16.0 Å². The quantitative estimate of drug-likeness (QED) is 0.490. The van der Waals surface area contributed by atoms with Gasteiger partial charge in [-0.1, -0.05) is 0 Å². The molecular formula is C12H17N5O4. The molecule has 0 saturated heterocycles. The zero-order valence-corrected chi connectivity index (χ0v) is 11.8. The van der Waals surface area contributed by atoms with E-state index in [0.29, 0.717) is 18.9 Å². The van der Waals surface area contributed by atoms with E-state index in [9.17, 15) is 19.7 Å². The number of nitrogens with one attached hydrogen (secondary N) is 3. The van der Waals surface area contributed by atoms with Crippen LogP contribution in [0.25, 0.3) is 0 Å². The molecule has 9 nitrogen and oxygen atoms in total. The van der Waals surface area contributed by atoms with Gasteiger partial charge in [0, 0.05) is 19.2 Å². The van der Waals surface area contributed by atoms with Crippen LogP contribution in [0.3, 0.4) is 0 Å². The molecule has 114 valence electrons. The zero-order valence-electron chi connectivity index (χ0n) is 11.8. The van der Waals surface area contributed by atoms with Crippen LogP contribution in [0.4, 0.5) is 11.5 Å². The highest BCUT2D eigenvalue weighted by molar-refractivity contribution is 6.00. The number of hydrogen-bond donors (Lipinski definition) is 3. The summed E-state index contributed by atoms with van der Waals surface area (Å²) in [6.07, 6.45) is 1.01. The molecule has 0 spiro atoms. The Labute approximate surface area is 121 Å². The van der Waals surface area contributed by atoms with Crippen molar-refractivity contribution in [1.29, 1.82) is 0 Å². The largest absolute Gasteiger partial charge is 0.370 e. The van der Waals surface area contributed by atoms with Crippen LogP contribution in [0.15, 0.2) is 12.3 Å². The summed E-state index contributed by atoms with van der Waals surface area (Å²) in [5.74, 6) is -0.713. The summed E-state index contributed by atoms with van der Waals surface area (Å²) in [5, 5.41) is 18.6. The van der Waals surface area contributed by atoms with Crippen molar-refractivity contribution in [2.75, 3.05) is 25.0 Å². The van der Waals surface area contributed by atoms with Gasteiger partial charge in [-0.2, -0.15) is 0 Å². The lowest BCUT2D eigenvalue weighted by Gasteiger charge is -2.08. The van der Waals surface area contributed by atoms with Gasteiger partial charge in [0.1, 0.15) is 17.6 Å². The third kappa shape index (κ3) is 4.71. The molecule has 0 radical (unpaired) electrons. The Morgan fingerprint density at radius 2 is 2.00 bits per heavy atom. The van der Waals surface area contributed by atoms with E-state index in [4.69, 9.17) is 0 Å². The van der Waals surface area contributed by atoms with Gasteiger partial charge in [-0.05, 0) is 13.8 Å². The second-order valence-electron chi connectivity index (χ2n) is 4.01. The van der Waals surface area contributed by atoms with Crippen molar-refractivity contribution >= 4 is 23.3 Å². The lowest BCUT2D eigenvalue weighted by molar-refractivity contribution is -0.385. The number of carbonyl (C=O) groups is 2. The fourth-order valence-corrected chi connectivity index (χ4v) is 1.57. The minimum atomic E-state index is -0.700. The van der Waals surface area contributed by atoms with E-state index in [1.807, 2.05) is 6.92 Å². The highest BCUT2D eigenvalue weighted by atomic mass is 16.6. The van der Waals surface area contributed by atoms with Crippen molar-refractivity contribution in [2.45, 2.75) is 13.8 Å². The number of likely N-dealkylation sites (N-methyl/N-ethyl adjacent to an activating group) is 1. The van der Waals surface area contributed by atoms with E-state index >= 15 is 0 Å². The summed E-state index contributed by atoms with van der Waals surface area (Å²) in [6.45, 7) is 4.33. The fraction of sp³-hybridized carbons (Fsp3) is 0.417. The first kappa shape index (κ1) is 16.3. The number of rotatable bonds is 7. The number of anilines is 1. The number of aromatic nitrogens is 1. The summed E-state index contributed by atoms with van der Waals surface area (Å²) in [4.78, 5) is 37.3. The summed E-state index contributed by atoms with van der Waals surface area (Å²) in [7, 11) is 0. The maximum absolute atomic E-state index is 12.0. The average Bonchev–Trinajstić information content (AvgIpc) is 2.45. The van der Waals surface area contributed by atoms with Gasteiger partial charge in [0.25, 0.3) is 11.6 Å². The smallest absolute Gasteiger partial charge is 0.300 e. The Morgan fingerprint density at radius 1 is 1.29 bits per heavy atom. The summed E-state index contributed by atoms with van der Waals surface area (Å²) >= 11 is 0. The van der Waals surface area contributed by atoms with Gasteiger partial charge in [-0.25, -0.2) is 4.98 Å². The molecule has 0 unspecified atom stereocenters. The number of amides is 2. The minimum absolute atomic E-state index is 0.143. The molecule has 0 aromatic carbocycles. The molecule has 1 aromatic rings. The van der Waals surface area contributed by atoms with E-state index in [-0.39, 0.29) is 18.0 Å². The van der Waals surface area contributed by atoms with E-state index in [1.165, 1.54) is 6.07 Å². The van der Waals surface area contributed by atoms with E-state index in [2.05, 4.69) is 20.9 Å². The van der Waals surface area contributed by atoms with E-state index in [1.54, 1.807) is 6.92 Å². The standard InChI is InChI=1S/C12H17N5O4/c1-3-13-10-5-8(9(6-15-10)17(20)21)12(19)16-7-11(18)14-4-2/h5-6H,3-4,7H2,1-2H3,(H,13,15)(H,14,18)(H,16,19). The molecule has 9 heteroatoms. The fourth-order valence-electron chi connectivity index (χ4n) is 1.57. The van der Waals surface area contributed by atoms with Gasteiger partial charge in [0.2, 0.25) is 5.91 Å². The van der Waals surface area contributed by atoms with Gasteiger partial charge in [0.05, 0.1) is 11.5 Å². The second-order valence-corrected chi connectivity index (χ2v) is 4.01. The van der Waals surface area contributed by atoms with Crippen molar-refractivity contribution in [2.24, 2.45) is 0 Å². The van der Waals surface area contributed by atoms with E-state index < -0.39 is 16.5 Å². The number of carbonyl (C=O) groups excluding carboxylic acids is 2. The first-order valence-corrected chi connectivity index (χ1v) is 6.42. The maximum Gasteiger partial charge on any atom is 0.300 e. The molecule has 0 aliphatic carbocycles. The van der Waals surface area contributed by atoms with Crippen molar-refractivity contribution in [3.63, 3.8) is 0 Å². The third-order valence-electron chi connectivity index (χ3n) is 2.47. The lowest BCUT2D eigenvalue weighted by Crippen LogP contribution is -2.37. The highest BCUT2D eigenvalue weighted by Gasteiger charge is 2.21. The van der Waals surface area contributed by atoms with Crippen LogP contribution in [0.5, 0.6) is 0 Å². The monoisotopic (exact) mass is 295 g/mol. The molecule has 3 N–H and O–H groups in total. The average molecular weight is 295 g/mol. The molecule has 0 saturated carbocycles. The Hall–Kier alpha value is -2.71. The van der Waals surface area contributed by atoms with Crippen LogP contribution >= 0.6 is 0 Å². The van der Waals surface area contributed by atoms with Crippen LogP contribution in [-0.2, 0) is 4.79 Å². The predicted molar refractivity (Wildman–Crippen MR) is 76.1 cm³/mol. The molecule has 1 aromatic heterocycles. The normalized spacial score (nSPS) is 9.81. The number of hydrogen-bond acceptors (Lipinski definition) is 6. The van der Waals surface area contributed by atoms with Gasteiger partial charge >= 0.3 is 0 Å². The molecule has 0 atom stereocenters. The predicted octanol–water partition coefficient (Wildman–Crippen LogP) is 0.287. The van der Waals surface area contributed by atoms with Crippen LogP contribution in [0.1, 0.15) is 24.2 Å². The topological polar surface area (TPSA) is 126 Å². The van der Waals surface area contributed by atoms with Crippen LogP contribution in [-0.4, -0.2) is 41.4 Å². The molecule has 0 aliphatic heterocycles. The molecule has 2 amide bonds. The van der Waals surface area contributed by atoms with E-state index in [0.717, 1.165) is 6.20 Å². The Balaban J connectivity index is 2.91.